The average molecular weight is 394 g/mol. The zero-order chi connectivity index (χ0) is 19.7. The average Bonchev–Trinajstić information content (AvgIpc) is 3.28. The van der Waals surface area contributed by atoms with Gasteiger partial charge in [0.15, 0.2) is 0 Å². The van der Waals surface area contributed by atoms with Gasteiger partial charge in [-0.2, -0.15) is 0 Å². The largest absolute Gasteiger partial charge is 0.397 e. The molecule has 0 saturated carbocycles. The van der Waals surface area contributed by atoms with Crippen LogP contribution in [0.15, 0.2) is 24.3 Å². The zero-order valence-corrected chi connectivity index (χ0v) is 17.4. The highest BCUT2D eigenvalue weighted by Gasteiger charge is 2.25. The number of nitrogens with zero attached hydrogens (tertiary/aromatic N) is 1. The predicted molar refractivity (Wildman–Crippen MR) is 117 cm³/mol. The van der Waals surface area contributed by atoms with Gasteiger partial charge in [-0.15, -0.1) is 11.3 Å². The third-order valence-electron chi connectivity index (χ3n) is 5.54. The van der Waals surface area contributed by atoms with E-state index in [9.17, 15) is 4.79 Å². The Morgan fingerprint density at radius 3 is 2.68 bits per heavy atom. The Bertz CT molecular complexity index is 1020. The summed E-state index contributed by atoms with van der Waals surface area (Å²) in [5.74, 6) is -0.0867. The Hall–Kier alpha value is -2.40. The number of hydrogen-bond acceptors (Lipinski definition) is 4. The normalized spacial score (nSPS) is 13.1. The number of anilines is 1. The lowest BCUT2D eigenvalue weighted by Gasteiger charge is -2.08. The summed E-state index contributed by atoms with van der Waals surface area (Å²) in [6, 6.07) is 8.41. The summed E-state index contributed by atoms with van der Waals surface area (Å²) >= 11 is 1.44. The van der Waals surface area contributed by atoms with E-state index < -0.39 is 0 Å². The first-order chi connectivity index (χ1) is 13.6. The molecule has 0 spiro atoms. The predicted octanol–water partition coefficient (Wildman–Crippen LogP) is 4.60. The third kappa shape index (κ3) is 3.51. The number of hydrogen-bond donors (Lipinski definition) is 2. The Labute approximate surface area is 170 Å². The van der Waals surface area contributed by atoms with E-state index in [-0.39, 0.29) is 5.91 Å². The second-order valence-electron chi connectivity index (χ2n) is 7.64. The molecule has 0 bridgehead atoms. The van der Waals surface area contributed by atoms with Crippen LogP contribution in [0.2, 0.25) is 0 Å². The van der Waals surface area contributed by atoms with Crippen molar-refractivity contribution in [2.24, 2.45) is 0 Å². The van der Waals surface area contributed by atoms with Crippen molar-refractivity contribution in [2.75, 3.05) is 12.3 Å². The molecule has 1 aromatic carbocycles. The number of aryl methyl sites for hydroxylation is 3. The van der Waals surface area contributed by atoms with Crippen molar-refractivity contribution in [2.45, 2.75) is 52.4 Å². The summed E-state index contributed by atoms with van der Waals surface area (Å²) in [6.07, 6.45) is 6.17. The first-order valence-corrected chi connectivity index (χ1v) is 11.0. The van der Waals surface area contributed by atoms with Crippen molar-refractivity contribution in [1.29, 1.82) is 0 Å². The topological polar surface area (TPSA) is 68.0 Å². The number of nitrogens with one attached hydrogen (secondary N) is 1. The molecule has 0 fully saturated rings. The molecular weight excluding hydrogens is 366 g/mol. The number of amides is 1. The first-order valence-electron chi connectivity index (χ1n) is 10.1. The molecule has 146 valence electrons. The van der Waals surface area contributed by atoms with Crippen LogP contribution in [0.4, 0.5) is 5.69 Å². The number of aromatic nitrogens is 1. The minimum atomic E-state index is -0.0867. The van der Waals surface area contributed by atoms with E-state index in [2.05, 4.69) is 43.4 Å². The van der Waals surface area contributed by atoms with Crippen LogP contribution in [0.5, 0.6) is 0 Å². The zero-order valence-electron chi connectivity index (χ0n) is 16.6. The monoisotopic (exact) mass is 393 g/mol. The van der Waals surface area contributed by atoms with Crippen LogP contribution in [-0.4, -0.2) is 17.4 Å². The highest BCUT2D eigenvalue weighted by atomic mass is 32.1. The fraction of sp³-hybridized carbons (Fsp3) is 0.391. The summed E-state index contributed by atoms with van der Waals surface area (Å²) in [5.41, 5.74) is 13.4. The highest BCUT2D eigenvalue weighted by molar-refractivity contribution is 7.21. The first kappa shape index (κ1) is 18.9. The summed E-state index contributed by atoms with van der Waals surface area (Å²) in [7, 11) is 0. The number of nitrogen functional groups attached to an aromatic ring is 1. The summed E-state index contributed by atoms with van der Waals surface area (Å²) in [6.45, 7) is 4.86. The molecule has 0 unspecified atom stereocenters. The molecule has 4 rings (SSSR count). The standard InChI is InChI=1S/C23H27N3OS/c1-3-5-18-16-6-4-7-17(16)19-20(24)21(28-23(19)26-18)22(27)25-13-12-15-10-8-14(2)9-11-15/h8-11H,3-7,12-13,24H2,1-2H3,(H,25,27). The summed E-state index contributed by atoms with van der Waals surface area (Å²) in [5, 5.41) is 4.06. The number of thiophene rings is 1. The van der Waals surface area contributed by atoms with Gasteiger partial charge in [-0.3, -0.25) is 4.79 Å². The van der Waals surface area contributed by atoms with Gasteiger partial charge in [-0.05, 0) is 55.7 Å². The second-order valence-corrected chi connectivity index (χ2v) is 8.63. The molecule has 0 aliphatic heterocycles. The number of carbonyl (C=O) groups excluding carboxylic acids is 1. The van der Waals surface area contributed by atoms with Crippen molar-refractivity contribution in [1.82, 2.24) is 10.3 Å². The minimum absolute atomic E-state index is 0.0867. The maximum Gasteiger partial charge on any atom is 0.263 e. The number of fused-ring (bicyclic) bond motifs is 3. The van der Waals surface area contributed by atoms with Gasteiger partial charge in [0.25, 0.3) is 5.91 Å². The highest BCUT2D eigenvalue weighted by Crippen LogP contribution is 2.40. The fourth-order valence-electron chi connectivity index (χ4n) is 4.10. The Morgan fingerprint density at radius 1 is 1.18 bits per heavy atom. The molecule has 28 heavy (non-hydrogen) atoms. The number of rotatable bonds is 6. The van der Waals surface area contributed by atoms with Crippen molar-refractivity contribution in [3.63, 3.8) is 0 Å². The number of nitrogens with two attached hydrogens (primary N) is 1. The lowest BCUT2D eigenvalue weighted by Crippen LogP contribution is -2.25. The maximum absolute atomic E-state index is 12.8. The van der Waals surface area contributed by atoms with E-state index in [0.29, 0.717) is 17.1 Å². The molecule has 3 N–H and O–H groups in total. The lowest BCUT2D eigenvalue weighted by atomic mass is 10.0. The van der Waals surface area contributed by atoms with Crippen molar-refractivity contribution >= 4 is 33.1 Å². The molecule has 5 heteroatoms. The fourth-order valence-corrected chi connectivity index (χ4v) is 5.16. The van der Waals surface area contributed by atoms with E-state index >= 15 is 0 Å². The smallest absolute Gasteiger partial charge is 0.263 e. The Balaban J connectivity index is 1.56. The summed E-state index contributed by atoms with van der Waals surface area (Å²) in [4.78, 5) is 19.2. The summed E-state index contributed by atoms with van der Waals surface area (Å²) < 4.78 is 0. The van der Waals surface area contributed by atoms with Crippen LogP contribution in [0.1, 0.15) is 57.4 Å². The van der Waals surface area contributed by atoms with Gasteiger partial charge >= 0.3 is 0 Å². The van der Waals surface area contributed by atoms with E-state index in [0.717, 1.165) is 48.7 Å². The molecule has 2 aromatic heterocycles. The Morgan fingerprint density at radius 2 is 1.93 bits per heavy atom. The lowest BCUT2D eigenvalue weighted by molar-refractivity contribution is 0.0959. The second kappa shape index (κ2) is 7.92. The van der Waals surface area contributed by atoms with Gasteiger partial charge in [0, 0.05) is 17.6 Å². The van der Waals surface area contributed by atoms with Crippen LogP contribution >= 0.6 is 11.3 Å². The number of pyridine rings is 1. The van der Waals surface area contributed by atoms with Crippen molar-refractivity contribution < 1.29 is 4.79 Å². The van der Waals surface area contributed by atoms with Crippen molar-refractivity contribution in [3.8, 4) is 0 Å². The number of carbonyl (C=O) groups is 1. The number of benzene rings is 1. The van der Waals surface area contributed by atoms with Gasteiger partial charge in [0.1, 0.15) is 9.71 Å². The minimum Gasteiger partial charge on any atom is -0.397 e. The SMILES string of the molecule is CCCc1nc2sc(C(=O)NCCc3ccc(C)cc3)c(N)c2c2c1CCC2. The van der Waals surface area contributed by atoms with Crippen molar-refractivity contribution in [3.05, 3.63) is 57.1 Å². The maximum atomic E-state index is 12.8. The van der Waals surface area contributed by atoms with Crippen LogP contribution in [0.25, 0.3) is 10.2 Å². The van der Waals surface area contributed by atoms with E-state index in [4.69, 9.17) is 10.7 Å². The van der Waals surface area contributed by atoms with Crippen LogP contribution in [-0.2, 0) is 25.7 Å². The molecule has 3 aromatic rings. The van der Waals surface area contributed by atoms with Gasteiger partial charge in [-0.25, -0.2) is 4.98 Å². The van der Waals surface area contributed by atoms with Crippen LogP contribution in [0.3, 0.4) is 0 Å². The quantitative estimate of drug-likeness (QED) is 0.643. The van der Waals surface area contributed by atoms with Gasteiger partial charge in [0.2, 0.25) is 0 Å². The molecule has 0 saturated heterocycles. The molecule has 1 aliphatic carbocycles. The Kier molecular flexibility index (Phi) is 5.36. The van der Waals surface area contributed by atoms with Crippen LogP contribution < -0.4 is 11.1 Å². The van der Waals surface area contributed by atoms with E-state index in [1.54, 1.807) is 0 Å². The molecule has 1 aliphatic rings. The molecule has 4 nitrogen and oxygen atoms in total. The molecular formula is C23H27N3OS. The molecule has 1 amide bonds. The van der Waals surface area contributed by atoms with E-state index in [1.807, 2.05) is 0 Å². The molecule has 2 heterocycles. The third-order valence-corrected chi connectivity index (χ3v) is 6.64. The molecule has 0 radical (unpaired) electrons. The van der Waals surface area contributed by atoms with Gasteiger partial charge in [0.05, 0.1) is 5.69 Å². The van der Waals surface area contributed by atoms with E-state index in [1.165, 1.54) is 39.3 Å². The van der Waals surface area contributed by atoms with Gasteiger partial charge < -0.3 is 11.1 Å². The van der Waals surface area contributed by atoms with Gasteiger partial charge in [-0.1, -0.05) is 43.2 Å². The van der Waals surface area contributed by atoms with Crippen LogP contribution in [0, 0.1) is 6.92 Å². The molecule has 0 atom stereocenters.